The second kappa shape index (κ2) is 5.39. The highest BCUT2D eigenvalue weighted by molar-refractivity contribution is 5.78. The molecule has 3 nitrogen and oxygen atoms in total. The zero-order valence-corrected chi connectivity index (χ0v) is 9.49. The highest BCUT2D eigenvalue weighted by Crippen LogP contribution is 2.12. The average Bonchev–Trinajstić information content (AvgIpc) is 2.21. The van der Waals surface area contributed by atoms with Crippen LogP contribution in [0, 0.1) is 0 Å². The van der Waals surface area contributed by atoms with Gasteiger partial charge < -0.3 is 9.64 Å². The molecule has 0 bridgehead atoms. The minimum Gasteiger partial charge on any atom is -0.494 e. The number of carbonyl (C=O) groups excluding carboxylic acids is 1. The van der Waals surface area contributed by atoms with Crippen LogP contribution in [0.2, 0.25) is 0 Å². The molecule has 1 aromatic rings. The number of ether oxygens (including phenoxy) is 1. The van der Waals surface area contributed by atoms with Crippen molar-refractivity contribution in [3.63, 3.8) is 0 Å². The summed E-state index contributed by atoms with van der Waals surface area (Å²) in [5.74, 6) is 0.956. The number of hydrogen-bond acceptors (Lipinski definition) is 2. The molecule has 1 rings (SSSR count). The summed E-state index contributed by atoms with van der Waals surface area (Å²) in [6.45, 7) is 2.61. The third-order valence-corrected chi connectivity index (χ3v) is 2.09. The monoisotopic (exact) mass is 207 g/mol. The van der Waals surface area contributed by atoms with Crippen molar-refractivity contribution >= 4 is 5.91 Å². The molecule has 3 heteroatoms. The van der Waals surface area contributed by atoms with Crippen molar-refractivity contribution < 1.29 is 9.53 Å². The van der Waals surface area contributed by atoms with Crippen LogP contribution in [0.15, 0.2) is 24.3 Å². The maximum Gasteiger partial charge on any atom is 0.226 e. The molecule has 15 heavy (non-hydrogen) atoms. The van der Waals surface area contributed by atoms with E-state index >= 15 is 0 Å². The number of rotatable bonds is 4. The SMILES string of the molecule is CCOc1ccc(CC(=O)N(C)C)cc1. The van der Waals surface area contributed by atoms with Crippen LogP contribution in [0.3, 0.4) is 0 Å². The standard InChI is InChI=1S/C12H17NO2/c1-4-15-11-7-5-10(6-8-11)9-12(14)13(2)3/h5-8H,4,9H2,1-3H3. The van der Waals surface area contributed by atoms with Gasteiger partial charge in [0.25, 0.3) is 0 Å². The van der Waals surface area contributed by atoms with Crippen LogP contribution in [0.5, 0.6) is 5.75 Å². The molecule has 0 N–H and O–H groups in total. The first-order valence-corrected chi connectivity index (χ1v) is 5.05. The molecule has 0 saturated heterocycles. The normalized spacial score (nSPS) is 9.80. The predicted octanol–water partition coefficient (Wildman–Crippen LogP) is 1.72. The number of nitrogens with zero attached hydrogens (tertiary/aromatic N) is 1. The molecule has 0 atom stereocenters. The lowest BCUT2D eigenvalue weighted by atomic mass is 10.1. The van der Waals surface area contributed by atoms with Gasteiger partial charge in [0, 0.05) is 14.1 Å². The number of hydrogen-bond donors (Lipinski definition) is 0. The molecular weight excluding hydrogens is 190 g/mol. The van der Waals surface area contributed by atoms with Crippen LogP contribution in [0.1, 0.15) is 12.5 Å². The van der Waals surface area contributed by atoms with Crippen molar-refractivity contribution in [2.24, 2.45) is 0 Å². The molecule has 0 heterocycles. The van der Waals surface area contributed by atoms with E-state index in [-0.39, 0.29) is 5.91 Å². The summed E-state index contributed by atoms with van der Waals surface area (Å²) in [6.07, 6.45) is 0.444. The Bertz CT molecular complexity index is 317. The Balaban J connectivity index is 2.60. The Kier molecular flexibility index (Phi) is 4.16. The summed E-state index contributed by atoms with van der Waals surface area (Å²) in [5.41, 5.74) is 1.01. The molecule has 0 unspecified atom stereocenters. The average molecular weight is 207 g/mol. The Morgan fingerprint density at radius 1 is 1.27 bits per heavy atom. The highest BCUT2D eigenvalue weighted by atomic mass is 16.5. The van der Waals surface area contributed by atoms with E-state index in [1.807, 2.05) is 31.2 Å². The molecule has 0 aliphatic heterocycles. The lowest BCUT2D eigenvalue weighted by molar-refractivity contribution is -0.127. The van der Waals surface area contributed by atoms with E-state index in [1.54, 1.807) is 19.0 Å². The van der Waals surface area contributed by atoms with Crippen LogP contribution in [0.25, 0.3) is 0 Å². The first-order valence-electron chi connectivity index (χ1n) is 5.05. The fraction of sp³-hybridized carbons (Fsp3) is 0.417. The summed E-state index contributed by atoms with van der Waals surface area (Å²) in [4.78, 5) is 13.0. The van der Waals surface area contributed by atoms with E-state index in [1.165, 1.54) is 0 Å². The summed E-state index contributed by atoms with van der Waals surface area (Å²) >= 11 is 0. The molecule has 0 aliphatic carbocycles. The zero-order valence-electron chi connectivity index (χ0n) is 9.49. The Morgan fingerprint density at radius 2 is 1.87 bits per heavy atom. The van der Waals surface area contributed by atoms with E-state index in [2.05, 4.69) is 0 Å². The minimum absolute atomic E-state index is 0.110. The maximum absolute atomic E-state index is 11.4. The lowest BCUT2D eigenvalue weighted by Gasteiger charge is -2.10. The van der Waals surface area contributed by atoms with Crippen LogP contribution in [0.4, 0.5) is 0 Å². The van der Waals surface area contributed by atoms with Crippen molar-refractivity contribution in [2.75, 3.05) is 20.7 Å². The van der Waals surface area contributed by atoms with E-state index in [4.69, 9.17) is 4.74 Å². The second-order valence-corrected chi connectivity index (χ2v) is 3.54. The van der Waals surface area contributed by atoms with Gasteiger partial charge in [-0.2, -0.15) is 0 Å². The van der Waals surface area contributed by atoms with Gasteiger partial charge in [-0.3, -0.25) is 4.79 Å². The van der Waals surface area contributed by atoms with Crippen LogP contribution < -0.4 is 4.74 Å². The molecule has 82 valence electrons. The van der Waals surface area contributed by atoms with Crippen molar-refractivity contribution in [2.45, 2.75) is 13.3 Å². The summed E-state index contributed by atoms with van der Waals surface area (Å²) in [6, 6.07) is 7.63. The number of amides is 1. The molecule has 0 saturated carbocycles. The zero-order chi connectivity index (χ0) is 11.3. The fourth-order valence-electron chi connectivity index (χ4n) is 1.20. The third-order valence-electron chi connectivity index (χ3n) is 2.09. The van der Waals surface area contributed by atoms with Gasteiger partial charge in [-0.1, -0.05) is 12.1 Å². The number of likely N-dealkylation sites (N-methyl/N-ethyl adjacent to an activating group) is 1. The topological polar surface area (TPSA) is 29.5 Å². The van der Waals surface area contributed by atoms with Crippen molar-refractivity contribution in [1.82, 2.24) is 4.90 Å². The quantitative estimate of drug-likeness (QED) is 0.752. The molecule has 0 radical (unpaired) electrons. The Morgan fingerprint density at radius 3 is 2.33 bits per heavy atom. The Hall–Kier alpha value is -1.51. The van der Waals surface area contributed by atoms with Crippen LogP contribution >= 0.6 is 0 Å². The first-order chi connectivity index (χ1) is 7.13. The van der Waals surface area contributed by atoms with Crippen LogP contribution in [-0.4, -0.2) is 31.5 Å². The van der Waals surface area contributed by atoms with Crippen molar-refractivity contribution in [3.8, 4) is 5.75 Å². The van der Waals surface area contributed by atoms with Gasteiger partial charge in [-0.05, 0) is 24.6 Å². The molecule has 0 spiro atoms. The molecular formula is C12H17NO2. The fourth-order valence-corrected chi connectivity index (χ4v) is 1.20. The van der Waals surface area contributed by atoms with Gasteiger partial charge in [0.15, 0.2) is 0 Å². The van der Waals surface area contributed by atoms with Crippen molar-refractivity contribution in [3.05, 3.63) is 29.8 Å². The second-order valence-electron chi connectivity index (χ2n) is 3.54. The van der Waals surface area contributed by atoms with Gasteiger partial charge in [0.2, 0.25) is 5.91 Å². The highest BCUT2D eigenvalue weighted by Gasteiger charge is 2.05. The summed E-state index contributed by atoms with van der Waals surface area (Å²) in [7, 11) is 3.52. The molecule has 0 aliphatic rings. The molecule has 1 amide bonds. The lowest BCUT2D eigenvalue weighted by Crippen LogP contribution is -2.23. The maximum atomic E-state index is 11.4. The largest absolute Gasteiger partial charge is 0.494 e. The van der Waals surface area contributed by atoms with Gasteiger partial charge in [-0.15, -0.1) is 0 Å². The molecule has 0 aromatic heterocycles. The first kappa shape index (κ1) is 11.6. The molecule has 0 fully saturated rings. The number of carbonyl (C=O) groups is 1. The van der Waals surface area contributed by atoms with Gasteiger partial charge in [0.05, 0.1) is 13.0 Å². The summed E-state index contributed by atoms with van der Waals surface area (Å²) in [5, 5.41) is 0. The smallest absolute Gasteiger partial charge is 0.226 e. The minimum atomic E-state index is 0.110. The van der Waals surface area contributed by atoms with Crippen molar-refractivity contribution in [1.29, 1.82) is 0 Å². The van der Waals surface area contributed by atoms with E-state index in [9.17, 15) is 4.79 Å². The Labute approximate surface area is 90.7 Å². The van der Waals surface area contributed by atoms with E-state index in [0.717, 1.165) is 11.3 Å². The number of benzene rings is 1. The summed E-state index contributed by atoms with van der Waals surface area (Å²) < 4.78 is 5.32. The predicted molar refractivity (Wildman–Crippen MR) is 60.0 cm³/mol. The van der Waals surface area contributed by atoms with E-state index in [0.29, 0.717) is 13.0 Å². The van der Waals surface area contributed by atoms with Gasteiger partial charge in [0.1, 0.15) is 5.75 Å². The van der Waals surface area contributed by atoms with Gasteiger partial charge in [-0.25, -0.2) is 0 Å². The third kappa shape index (κ3) is 3.62. The van der Waals surface area contributed by atoms with Gasteiger partial charge >= 0.3 is 0 Å². The van der Waals surface area contributed by atoms with E-state index < -0.39 is 0 Å². The van der Waals surface area contributed by atoms with Crippen LogP contribution in [-0.2, 0) is 11.2 Å². The molecule has 1 aromatic carbocycles.